The lowest BCUT2D eigenvalue weighted by Crippen LogP contribution is -2.57. The molecule has 0 unspecified atom stereocenters. The zero-order valence-electron chi connectivity index (χ0n) is 16.2. The first-order valence-electron chi connectivity index (χ1n) is 9.94. The van der Waals surface area contributed by atoms with Crippen LogP contribution in [0, 0.1) is 23.2 Å². The molecule has 152 valence electrons. The van der Waals surface area contributed by atoms with E-state index in [1.165, 1.54) is 38.5 Å². The molecule has 1 amide bonds. The maximum absolute atomic E-state index is 12.8. The molecule has 4 aliphatic rings. The predicted octanol–water partition coefficient (Wildman–Crippen LogP) is 5.43. The summed E-state index contributed by atoms with van der Waals surface area (Å²) in [6, 6.07) is 3.86. The van der Waals surface area contributed by atoms with Crippen LogP contribution in [0.5, 0.6) is 5.75 Å². The lowest BCUT2D eigenvalue weighted by Gasteiger charge is -2.59. The Bertz CT molecular complexity index is 779. The van der Waals surface area contributed by atoms with Crippen molar-refractivity contribution in [3.63, 3.8) is 0 Å². The van der Waals surface area contributed by atoms with Gasteiger partial charge in [0, 0.05) is 10.5 Å². The van der Waals surface area contributed by atoms with Crippen LogP contribution in [0.3, 0.4) is 0 Å². The summed E-state index contributed by atoms with van der Waals surface area (Å²) in [4.78, 5) is 12.8. The highest BCUT2D eigenvalue weighted by atomic mass is 79.9. The summed E-state index contributed by atoms with van der Waals surface area (Å²) in [5.41, 5.74) is 0.774. The Balaban J connectivity index is 1.43. The van der Waals surface area contributed by atoms with Gasteiger partial charge in [-0.15, -0.1) is 0 Å². The van der Waals surface area contributed by atoms with Crippen LogP contribution in [0.2, 0.25) is 0 Å². The maximum Gasteiger partial charge on any atom is 0.261 e. The first kappa shape index (κ1) is 20.6. The Kier molecular flexibility index (Phi) is 5.80. The molecule has 1 aromatic carbocycles. The molecule has 4 saturated carbocycles. The van der Waals surface area contributed by atoms with Gasteiger partial charge in [-0.1, -0.05) is 15.9 Å². The second kappa shape index (κ2) is 7.88. The van der Waals surface area contributed by atoms with Gasteiger partial charge in [-0.25, -0.2) is 0 Å². The highest BCUT2D eigenvalue weighted by molar-refractivity contribution is 9.11. The van der Waals surface area contributed by atoms with Crippen LogP contribution in [-0.2, 0) is 0 Å². The zero-order valence-corrected chi connectivity index (χ0v) is 20.2. The van der Waals surface area contributed by atoms with E-state index >= 15 is 0 Å². The number of hydrogen-bond acceptors (Lipinski definition) is 3. The highest BCUT2D eigenvalue weighted by Crippen LogP contribution is 2.61. The van der Waals surface area contributed by atoms with E-state index in [0.29, 0.717) is 21.8 Å². The van der Waals surface area contributed by atoms with Crippen molar-refractivity contribution in [2.75, 3.05) is 7.11 Å². The van der Waals surface area contributed by atoms with Crippen LogP contribution < -0.4 is 15.4 Å². The van der Waals surface area contributed by atoms with Crippen molar-refractivity contribution in [2.45, 2.75) is 51.5 Å². The summed E-state index contributed by atoms with van der Waals surface area (Å²) in [7, 11) is 1.55. The lowest BCUT2D eigenvalue weighted by atomic mass is 9.48. The Morgan fingerprint density at radius 3 is 2.29 bits per heavy atom. The van der Waals surface area contributed by atoms with Gasteiger partial charge in [0.2, 0.25) is 0 Å². The van der Waals surface area contributed by atoms with Crippen molar-refractivity contribution in [1.82, 2.24) is 10.6 Å². The van der Waals surface area contributed by atoms with Gasteiger partial charge in [0.25, 0.3) is 5.91 Å². The van der Waals surface area contributed by atoms with Gasteiger partial charge >= 0.3 is 0 Å². The van der Waals surface area contributed by atoms with E-state index in [9.17, 15) is 4.79 Å². The standard InChI is InChI=1S/C21H26Br2N2O2S/c1-11(21-8-12-3-13(9-21)5-14(4-12)10-21)24-20(28)25-19(26)16-6-15(22)7-17(23)18(16)27-2/h6-7,11-14H,3-5,8-10H2,1-2H3,(H2,24,25,26,28)/t11-,12?,13?,14?,21?/m0/s1. The van der Waals surface area contributed by atoms with Crippen molar-refractivity contribution in [3.8, 4) is 5.75 Å². The van der Waals surface area contributed by atoms with Crippen molar-refractivity contribution in [3.05, 3.63) is 26.6 Å². The monoisotopic (exact) mass is 528 g/mol. The molecule has 4 nitrogen and oxygen atoms in total. The molecule has 0 spiro atoms. The fraction of sp³-hybridized carbons (Fsp3) is 0.619. The number of nitrogens with one attached hydrogen (secondary N) is 2. The zero-order chi connectivity index (χ0) is 20.1. The Morgan fingerprint density at radius 1 is 1.18 bits per heavy atom. The number of carbonyl (C=O) groups is 1. The number of rotatable bonds is 4. The van der Waals surface area contributed by atoms with Crippen LogP contribution in [0.15, 0.2) is 21.1 Å². The summed E-state index contributed by atoms with van der Waals surface area (Å²) in [6.45, 7) is 2.24. The lowest BCUT2D eigenvalue weighted by molar-refractivity contribution is -0.0672. The van der Waals surface area contributed by atoms with Gasteiger partial charge in [0.05, 0.1) is 17.1 Å². The van der Waals surface area contributed by atoms with Crippen molar-refractivity contribution >= 4 is 55.1 Å². The molecule has 4 bridgehead atoms. The predicted molar refractivity (Wildman–Crippen MR) is 122 cm³/mol. The maximum atomic E-state index is 12.8. The molecule has 4 fully saturated rings. The van der Waals surface area contributed by atoms with Crippen LogP contribution in [0.1, 0.15) is 55.8 Å². The van der Waals surface area contributed by atoms with Gasteiger partial charge in [-0.3, -0.25) is 10.1 Å². The third-order valence-electron chi connectivity index (χ3n) is 7.04. The second-order valence-corrected chi connectivity index (χ2v) is 11.1. The van der Waals surface area contributed by atoms with Crippen molar-refractivity contribution in [2.24, 2.45) is 23.2 Å². The van der Waals surface area contributed by atoms with Gasteiger partial charge in [0.1, 0.15) is 5.75 Å². The van der Waals surface area contributed by atoms with E-state index in [-0.39, 0.29) is 11.9 Å². The molecule has 4 aliphatic carbocycles. The topological polar surface area (TPSA) is 50.4 Å². The smallest absolute Gasteiger partial charge is 0.261 e. The SMILES string of the molecule is COc1c(Br)cc(Br)cc1C(=O)NC(=S)N[C@@H](C)C12CC3CC(CC(C3)C1)C2. The minimum absolute atomic E-state index is 0.268. The highest BCUT2D eigenvalue weighted by Gasteiger charge is 2.53. The van der Waals surface area contributed by atoms with Gasteiger partial charge in [-0.2, -0.15) is 0 Å². The molecular weight excluding hydrogens is 504 g/mol. The number of thiocarbonyl (C=S) groups is 1. The molecule has 28 heavy (non-hydrogen) atoms. The van der Waals surface area contributed by atoms with E-state index in [2.05, 4.69) is 49.4 Å². The molecular formula is C21H26Br2N2O2S. The Morgan fingerprint density at radius 2 is 1.75 bits per heavy atom. The average molecular weight is 530 g/mol. The number of amides is 1. The average Bonchev–Trinajstić information content (AvgIpc) is 2.59. The second-order valence-electron chi connectivity index (χ2n) is 8.90. The summed E-state index contributed by atoms with van der Waals surface area (Å²) < 4.78 is 6.90. The van der Waals surface area contributed by atoms with E-state index < -0.39 is 0 Å². The molecule has 1 atom stereocenters. The van der Waals surface area contributed by atoms with Crippen molar-refractivity contribution < 1.29 is 9.53 Å². The number of ether oxygens (including phenoxy) is 1. The first-order valence-corrected chi connectivity index (χ1v) is 11.9. The number of benzene rings is 1. The molecule has 7 heteroatoms. The van der Waals surface area contributed by atoms with Crippen LogP contribution >= 0.6 is 44.1 Å². The van der Waals surface area contributed by atoms with Crippen LogP contribution in [0.25, 0.3) is 0 Å². The first-order chi connectivity index (χ1) is 13.3. The summed E-state index contributed by atoms with van der Waals surface area (Å²) in [6.07, 6.45) is 8.17. The minimum atomic E-state index is -0.269. The Labute approximate surface area is 188 Å². The molecule has 0 saturated heterocycles. The summed E-state index contributed by atoms with van der Waals surface area (Å²) in [5, 5.41) is 6.68. The molecule has 2 N–H and O–H groups in total. The fourth-order valence-electron chi connectivity index (χ4n) is 6.20. The molecule has 0 aliphatic heterocycles. The molecule has 0 heterocycles. The van der Waals surface area contributed by atoms with Crippen molar-refractivity contribution in [1.29, 1.82) is 0 Å². The molecule has 5 rings (SSSR count). The summed E-state index contributed by atoms with van der Waals surface area (Å²) in [5.74, 6) is 2.90. The molecule has 0 aromatic heterocycles. The number of carbonyl (C=O) groups excluding carboxylic acids is 1. The third kappa shape index (κ3) is 3.86. The molecule has 0 radical (unpaired) electrons. The summed E-state index contributed by atoms with van der Waals surface area (Å²) >= 11 is 12.4. The fourth-order valence-corrected chi connectivity index (χ4v) is 7.86. The molecule has 1 aromatic rings. The van der Waals surface area contributed by atoms with E-state index in [0.717, 1.165) is 26.7 Å². The van der Waals surface area contributed by atoms with E-state index in [1.807, 2.05) is 6.07 Å². The van der Waals surface area contributed by atoms with Gasteiger partial charge in [0.15, 0.2) is 5.11 Å². The number of halogens is 2. The van der Waals surface area contributed by atoms with Gasteiger partial charge in [-0.05, 0) is 109 Å². The van der Waals surface area contributed by atoms with Crippen LogP contribution in [-0.4, -0.2) is 24.2 Å². The number of hydrogen-bond donors (Lipinski definition) is 2. The normalized spacial score (nSPS) is 31.4. The van der Waals surface area contributed by atoms with Gasteiger partial charge < -0.3 is 10.1 Å². The van der Waals surface area contributed by atoms with E-state index in [4.69, 9.17) is 17.0 Å². The largest absolute Gasteiger partial charge is 0.495 e. The Hall–Kier alpha value is -0.660. The van der Waals surface area contributed by atoms with E-state index in [1.54, 1.807) is 13.2 Å². The van der Waals surface area contributed by atoms with Crippen LogP contribution in [0.4, 0.5) is 0 Å². The number of methoxy groups -OCH3 is 1. The quantitative estimate of drug-likeness (QED) is 0.510. The third-order valence-corrected chi connectivity index (χ3v) is 8.30. The minimum Gasteiger partial charge on any atom is -0.495 e.